The lowest BCUT2D eigenvalue weighted by Crippen LogP contribution is -2.33. The van der Waals surface area contributed by atoms with Gasteiger partial charge in [-0.15, -0.1) is 0 Å². The Kier molecular flexibility index (Phi) is 3.00. The minimum absolute atomic E-state index is 0.0104. The third kappa shape index (κ3) is 2.47. The van der Waals surface area contributed by atoms with Gasteiger partial charge in [-0.3, -0.25) is 4.98 Å². The van der Waals surface area contributed by atoms with Gasteiger partial charge in [0.05, 0.1) is 18.8 Å². The summed E-state index contributed by atoms with van der Waals surface area (Å²) in [5, 5.41) is 12.6. The van der Waals surface area contributed by atoms with E-state index in [0.29, 0.717) is 6.54 Å². The Bertz CT molecular complexity index is 428. The molecule has 0 aliphatic carbocycles. The standard InChI is InChI=1S/C10H11N5O/c1-8-7-15(10(16)14-13-8)12-6-9-3-2-4-11-5-9/h2-6,8H,7H2,1H3. The predicted molar refractivity (Wildman–Crippen MR) is 58.3 cm³/mol. The molecule has 6 nitrogen and oxygen atoms in total. The number of hydrogen-bond acceptors (Lipinski definition) is 4. The summed E-state index contributed by atoms with van der Waals surface area (Å²) in [6, 6.07) is 3.22. The van der Waals surface area contributed by atoms with Crippen LogP contribution in [-0.4, -0.2) is 34.8 Å². The maximum Gasteiger partial charge on any atom is 0.382 e. The molecular weight excluding hydrogens is 206 g/mol. The number of hydrazone groups is 1. The quantitative estimate of drug-likeness (QED) is 0.707. The third-order valence-corrected chi connectivity index (χ3v) is 2.03. The van der Waals surface area contributed by atoms with Crippen LogP contribution in [0.4, 0.5) is 4.79 Å². The van der Waals surface area contributed by atoms with Crippen molar-refractivity contribution in [1.82, 2.24) is 9.99 Å². The normalized spacial score (nSPS) is 20.7. The second-order valence-electron chi connectivity index (χ2n) is 3.46. The molecule has 2 rings (SSSR count). The van der Waals surface area contributed by atoms with Gasteiger partial charge >= 0.3 is 6.03 Å². The van der Waals surface area contributed by atoms with Crippen molar-refractivity contribution in [3.8, 4) is 0 Å². The minimum atomic E-state index is -0.432. The van der Waals surface area contributed by atoms with Gasteiger partial charge in [-0.25, -0.2) is 9.80 Å². The molecule has 1 atom stereocenters. The number of rotatable bonds is 2. The summed E-state index contributed by atoms with van der Waals surface area (Å²) in [5.74, 6) is 0. The molecule has 0 bridgehead atoms. The van der Waals surface area contributed by atoms with Gasteiger partial charge in [-0.2, -0.15) is 10.2 Å². The zero-order chi connectivity index (χ0) is 11.4. The number of azo groups is 1. The van der Waals surface area contributed by atoms with Crippen LogP contribution in [-0.2, 0) is 0 Å². The van der Waals surface area contributed by atoms with Gasteiger partial charge in [0.15, 0.2) is 0 Å². The van der Waals surface area contributed by atoms with Crippen LogP contribution in [0.1, 0.15) is 12.5 Å². The third-order valence-electron chi connectivity index (χ3n) is 2.03. The molecule has 0 radical (unpaired) electrons. The molecule has 0 saturated heterocycles. The Morgan fingerprint density at radius 1 is 1.62 bits per heavy atom. The average Bonchev–Trinajstić information content (AvgIpc) is 2.32. The zero-order valence-electron chi connectivity index (χ0n) is 8.82. The predicted octanol–water partition coefficient (Wildman–Crippen LogP) is 1.69. The van der Waals surface area contributed by atoms with E-state index in [0.717, 1.165) is 5.56 Å². The number of carbonyl (C=O) groups is 1. The molecule has 0 saturated carbocycles. The summed E-state index contributed by atoms with van der Waals surface area (Å²) in [4.78, 5) is 15.2. The van der Waals surface area contributed by atoms with Gasteiger partial charge < -0.3 is 0 Å². The number of urea groups is 1. The Hall–Kier alpha value is -2.11. The van der Waals surface area contributed by atoms with E-state index in [1.54, 1.807) is 18.6 Å². The summed E-state index contributed by atoms with van der Waals surface area (Å²) < 4.78 is 0. The summed E-state index contributed by atoms with van der Waals surface area (Å²) in [5.41, 5.74) is 0.838. The van der Waals surface area contributed by atoms with E-state index in [1.807, 2.05) is 19.1 Å². The van der Waals surface area contributed by atoms with Crippen molar-refractivity contribution in [3.05, 3.63) is 30.1 Å². The molecule has 1 aliphatic heterocycles. The number of pyridine rings is 1. The number of hydrogen-bond donors (Lipinski definition) is 0. The molecule has 0 aromatic carbocycles. The first kappa shape index (κ1) is 10.4. The largest absolute Gasteiger partial charge is 0.382 e. The van der Waals surface area contributed by atoms with E-state index >= 15 is 0 Å². The minimum Gasteiger partial charge on any atom is -0.264 e. The lowest BCUT2D eigenvalue weighted by Gasteiger charge is -2.19. The molecular formula is C10H11N5O. The van der Waals surface area contributed by atoms with Gasteiger partial charge in [0, 0.05) is 18.0 Å². The molecule has 0 N–H and O–H groups in total. The van der Waals surface area contributed by atoms with E-state index in [-0.39, 0.29) is 6.04 Å². The van der Waals surface area contributed by atoms with Crippen molar-refractivity contribution in [2.75, 3.05) is 6.54 Å². The first-order valence-electron chi connectivity index (χ1n) is 4.92. The van der Waals surface area contributed by atoms with Crippen LogP contribution in [0.5, 0.6) is 0 Å². The maximum absolute atomic E-state index is 11.3. The Labute approximate surface area is 92.7 Å². The number of nitrogens with zero attached hydrogens (tertiary/aromatic N) is 5. The highest BCUT2D eigenvalue weighted by Gasteiger charge is 2.19. The second kappa shape index (κ2) is 4.61. The smallest absolute Gasteiger partial charge is 0.264 e. The number of amides is 2. The van der Waals surface area contributed by atoms with Gasteiger partial charge in [0.1, 0.15) is 0 Å². The van der Waals surface area contributed by atoms with Crippen LogP contribution in [0.15, 0.2) is 39.9 Å². The van der Waals surface area contributed by atoms with Crippen molar-refractivity contribution in [2.24, 2.45) is 15.3 Å². The Morgan fingerprint density at radius 3 is 3.25 bits per heavy atom. The number of aromatic nitrogens is 1. The zero-order valence-corrected chi connectivity index (χ0v) is 8.82. The van der Waals surface area contributed by atoms with Crippen LogP contribution >= 0.6 is 0 Å². The van der Waals surface area contributed by atoms with E-state index in [4.69, 9.17) is 0 Å². The fraction of sp³-hybridized carbons (Fsp3) is 0.300. The highest BCUT2D eigenvalue weighted by atomic mass is 16.2. The first-order chi connectivity index (χ1) is 7.75. The average molecular weight is 217 g/mol. The highest BCUT2D eigenvalue weighted by Crippen LogP contribution is 2.07. The van der Waals surface area contributed by atoms with Gasteiger partial charge in [-0.1, -0.05) is 11.2 Å². The maximum atomic E-state index is 11.3. The molecule has 2 heterocycles. The molecule has 16 heavy (non-hydrogen) atoms. The summed E-state index contributed by atoms with van der Waals surface area (Å²) >= 11 is 0. The molecule has 82 valence electrons. The van der Waals surface area contributed by atoms with E-state index in [2.05, 4.69) is 20.3 Å². The lowest BCUT2D eigenvalue weighted by atomic mass is 10.3. The van der Waals surface area contributed by atoms with Gasteiger partial charge in [0.25, 0.3) is 0 Å². The van der Waals surface area contributed by atoms with Crippen LogP contribution < -0.4 is 0 Å². The lowest BCUT2D eigenvalue weighted by molar-refractivity contribution is 0.197. The van der Waals surface area contributed by atoms with Crippen molar-refractivity contribution in [1.29, 1.82) is 0 Å². The molecule has 2 amide bonds. The van der Waals surface area contributed by atoms with Crippen LogP contribution in [0.3, 0.4) is 0 Å². The molecule has 1 aromatic heterocycles. The molecule has 0 fully saturated rings. The van der Waals surface area contributed by atoms with Crippen LogP contribution in [0.2, 0.25) is 0 Å². The molecule has 0 spiro atoms. The van der Waals surface area contributed by atoms with E-state index in [9.17, 15) is 4.79 Å². The molecule has 1 unspecified atom stereocenters. The van der Waals surface area contributed by atoms with E-state index in [1.165, 1.54) is 5.01 Å². The SMILES string of the molecule is CC1CN(N=Cc2cccnc2)C(=O)N=N1. The van der Waals surface area contributed by atoms with Crippen LogP contribution in [0.25, 0.3) is 0 Å². The summed E-state index contributed by atoms with van der Waals surface area (Å²) in [6.07, 6.45) is 4.93. The van der Waals surface area contributed by atoms with Crippen molar-refractivity contribution >= 4 is 12.2 Å². The number of carbonyl (C=O) groups excluding carboxylic acids is 1. The Balaban J connectivity index is 2.07. The summed E-state index contributed by atoms with van der Waals surface area (Å²) in [7, 11) is 0. The Morgan fingerprint density at radius 2 is 2.50 bits per heavy atom. The van der Waals surface area contributed by atoms with Crippen molar-refractivity contribution in [2.45, 2.75) is 13.0 Å². The molecule has 6 heteroatoms. The fourth-order valence-corrected chi connectivity index (χ4v) is 1.25. The topological polar surface area (TPSA) is 70.3 Å². The molecule has 1 aliphatic rings. The van der Waals surface area contributed by atoms with Crippen molar-refractivity contribution in [3.63, 3.8) is 0 Å². The first-order valence-corrected chi connectivity index (χ1v) is 4.92. The van der Waals surface area contributed by atoms with Crippen molar-refractivity contribution < 1.29 is 4.79 Å². The fourth-order valence-electron chi connectivity index (χ4n) is 1.25. The second-order valence-corrected chi connectivity index (χ2v) is 3.46. The van der Waals surface area contributed by atoms with Crippen LogP contribution in [0, 0.1) is 0 Å². The van der Waals surface area contributed by atoms with Gasteiger partial charge in [0.2, 0.25) is 0 Å². The van der Waals surface area contributed by atoms with Gasteiger partial charge in [-0.05, 0) is 13.0 Å². The monoisotopic (exact) mass is 217 g/mol. The molecule has 1 aromatic rings. The summed E-state index contributed by atoms with van der Waals surface area (Å²) in [6.45, 7) is 2.33. The van der Waals surface area contributed by atoms with E-state index < -0.39 is 6.03 Å². The highest BCUT2D eigenvalue weighted by molar-refractivity contribution is 5.81.